The van der Waals surface area contributed by atoms with E-state index in [2.05, 4.69) is 15.9 Å². The summed E-state index contributed by atoms with van der Waals surface area (Å²) in [6.07, 6.45) is 0.0899. The molecule has 0 radical (unpaired) electrons. The van der Waals surface area contributed by atoms with Gasteiger partial charge in [-0.05, 0) is 23.1 Å². The van der Waals surface area contributed by atoms with Gasteiger partial charge in [0.05, 0.1) is 7.11 Å². The Morgan fingerprint density at radius 3 is 2.62 bits per heavy atom. The van der Waals surface area contributed by atoms with Crippen molar-refractivity contribution in [1.29, 1.82) is 0 Å². The zero-order valence-corrected chi connectivity index (χ0v) is 15.7. The molecule has 132 valence electrons. The lowest BCUT2D eigenvalue weighted by molar-refractivity contribution is -0.202. The Bertz CT molecular complexity index is 983. The Balaban J connectivity index is 1.94. The molecule has 5 heteroatoms. The first-order valence-electron chi connectivity index (χ1n) is 8.29. The summed E-state index contributed by atoms with van der Waals surface area (Å²) >= 11 is 3.44. The maximum absolute atomic E-state index is 12.3. The third kappa shape index (κ3) is 2.77. The number of aliphatic hydroxyl groups is 1. The molecule has 1 N–H and O–H groups in total. The van der Waals surface area contributed by atoms with Crippen LogP contribution in [0.3, 0.4) is 0 Å². The summed E-state index contributed by atoms with van der Waals surface area (Å²) in [7, 11) is 1.25. The van der Waals surface area contributed by atoms with E-state index in [0.29, 0.717) is 5.75 Å². The van der Waals surface area contributed by atoms with Crippen LogP contribution in [0.15, 0.2) is 65.1 Å². The van der Waals surface area contributed by atoms with Crippen LogP contribution in [-0.2, 0) is 9.53 Å². The lowest BCUT2D eigenvalue weighted by Crippen LogP contribution is -2.49. The Labute approximate surface area is 159 Å². The predicted octanol–water partition coefficient (Wildman–Crippen LogP) is 4.38. The molecule has 0 unspecified atom stereocenters. The molecule has 4 nitrogen and oxygen atoms in total. The Morgan fingerprint density at radius 1 is 1.15 bits per heavy atom. The van der Waals surface area contributed by atoms with Crippen LogP contribution in [0.5, 0.6) is 5.75 Å². The normalized spacial score (nSPS) is 21.7. The minimum absolute atomic E-state index is 0.0899. The van der Waals surface area contributed by atoms with Crippen LogP contribution in [0, 0.1) is 0 Å². The molecule has 0 fully saturated rings. The molecule has 1 heterocycles. The van der Waals surface area contributed by atoms with Gasteiger partial charge in [0.25, 0.3) is 0 Å². The van der Waals surface area contributed by atoms with Crippen LogP contribution in [0.1, 0.15) is 23.5 Å². The summed E-state index contributed by atoms with van der Waals surface area (Å²) in [5.41, 5.74) is 1.94. The smallest absolute Gasteiger partial charge is 0.379 e. The molecular formula is C21H17BrO4. The summed E-state index contributed by atoms with van der Waals surface area (Å²) in [6.45, 7) is 0. The lowest BCUT2D eigenvalue weighted by Gasteiger charge is -2.37. The van der Waals surface area contributed by atoms with Crippen LogP contribution < -0.4 is 4.74 Å². The van der Waals surface area contributed by atoms with Crippen LogP contribution in [0.25, 0.3) is 10.8 Å². The van der Waals surface area contributed by atoms with Gasteiger partial charge in [-0.1, -0.05) is 64.5 Å². The average molecular weight is 413 g/mol. The van der Waals surface area contributed by atoms with Crippen molar-refractivity contribution in [2.45, 2.75) is 18.1 Å². The highest BCUT2D eigenvalue weighted by Crippen LogP contribution is 2.47. The van der Waals surface area contributed by atoms with Crippen molar-refractivity contribution in [2.75, 3.05) is 7.11 Å². The third-order valence-corrected chi connectivity index (χ3v) is 5.34. The molecule has 4 rings (SSSR count). The van der Waals surface area contributed by atoms with Crippen LogP contribution in [0.4, 0.5) is 0 Å². The average Bonchev–Trinajstić information content (AvgIpc) is 2.67. The molecular weight excluding hydrogens is 396 g/mol. The highest BCUT2D eigenvalue weighted by atomic mass is 79.9. The zero-order valence-electron chi connectivity index (χ0n) is 14.1. The summed E-state index contributed by atoms with van der Waals surface area (Å²) < 4.78 is 11.6. The van der Waals surface area contributed by atoms with Gasteiger partial charge in [-0.25, -0.2) is 4.79 Å². The molecule has 3 aromatic rings. The van der Waals surface area contributed by atoms with E-state index in [1.54, 1.807) is 0 Å². The fourth-order valence-corrected chi connectivity index (χ4v) is 3.79. The molecule has 3 aromatic carbocycles. The maximum Gasteiger partial charge on any atom is 0.379 e. The number of esters is 1. The Kier molecular flexibility index (Phi) is 4.21. The van der Waals surface area contributed by atoms with Crippen molar-refractivity contribution in [3.05, 3.63) is 76.3 Å². The van der Waals surface area contributed by atoms with Crippen molar-refractivity contribution in [1.82, 2.24) is 0 Å². The third-order valence-electron chi connectivity index (χ3n) is 4.81. The second-order valence-electron chi connectivity index (χ2n) is 6.39. The van der Waals surface area contributed by atoms with Crippen molar-refractivity contribution >= 4 is 32.7 Å². The summed E-state index contributed by atoms with van der Waals surface area (Å²) in [5.74, 6) is -2.49. The number of fused-ring (bicyclic) bond motifs is 3. The van der Waals surface area contributed by atoms with Gasteiger partial charge < -0.3 is 14.6 Å². The van der Waals surface area contributed by atoms with E-state index < -0.39 is 11.8 Å². The topological polar surface area (TPSA) is 55.8 Å². The van der Waals surface area contributed by atoms with E-state index in [1.807, 2.05) is 60.7 Å². The van der Waals surface area contributed by atoms with E-state index in [-0.39, 0.29) is 12.3 Å². The maximum atomic E-state index is 12.3. The molecule has 0 aromatic heterocycles. The highest BCUT2D eigenvalue weighted by Gasteiger charge is 2.47. The van der Waals surface area contributed by atoms with E-state index in [1.165, 1.54) is 7.11 Å². The minimum Gasteiger partial charge on any atom is -0.464 e. The quantitative estimate of drug-likeness (QED) is 0.634. The molecule has 0 bridgehead atoms. The van der Waals surface area contributed by atoms with E-state index in [4.69, 9.17) is 9.47 Å². The lowest BCUT2D eigenvalue weighted by atomic mass is 9.82. The second kappa shape index (κ2) is 6.41. The molecule has 0 saturated heterocycles. The van der Waals surface area contributed by atoms with Crippen LogP contribution in [-0.4, -0.2) is 24.0 Å². The van der Waals surface area contributed by atoms with Gasteiger partial charge in [-0.15, -0.1) is 0 Å². The number of ether oxygens (including phenoxy) is 2. The van der Waals surface area contributed by atoms with E-state index >= 15 is 0 Å². The SMILES string of the molecule is COC(=O)[C@]1(O)C[C@H](c2ccc(Br)cc2)c2ccc3ccccc3c2O1. The molecule has 0 spiro atoms. The first kappa shape index (κ1) is 17.1. The fraction of sp³-hybridized carbons (Fsp3) is 0.190. The van der Waals surface area contributed by atoms with Crippen molar-refractivity contribution in [2.24, 2.45) is 0 Å². The van der Waals surface area contributed by atoms with Gasteiger partial charge in [0.1, 0.15) is 5.75 Å². The molecule has 0 saturated carbocycles. The number of halogens is 1. The first-order valence-corrected chi connectivity index (χ1v) is 9.08. The van der Waals surface area contributed by atoms with E-state index in [0.717, 1.165) is 26.4 Å². The van der Waals surface area contributed by atoms with Gasteiger partial charge in [0, 0.05) is 27.8 Å². The number of benzene rings is 3. The van der Waals surface area contributed by atoms with Gasteiger partial charge >= 0.3 is 11.8 Å². The van der Waals surface area contributed by atoms with Crippen LogP contribution >= 0.6 is 15.9 Å². The first-order chi connectivity index (χ1) is 12.5. The minimum atomic E-state index is -2.02. The second-order valence-corrected chi connectivity index (χ2v) is 7.31. The van der Waals surface area contributed by atoms with E-state index in [9.17, 15) is 9.90 Å². The monoisotopic (exact) mass is 412 g/mol. The number of carbonyl (C=O) groups is 1. The van der Waals surface area contributed by atoms with Gasteiger partial charge in [0.15, 0.2) is 0 Å². The largest absolute Gasteiger partial charge is 0.464 e. The number of hydrogen-bond acceptors (Lipinski definition) is 4. The van der Waals surface area contributed by atoms with Gasteiger partial charge in [-0.2, -0.15) is 0 Å². The van der Waals surface area contributed by atoms with Crippen molar-refractivity contribution in [3.63, 3.8) is 0 Å². The number of carbonyl (C=O) groups excluding carboxylic acids is 1. The molecule has 1 aliphatic heterocycles. The summed E-state index contributed by atoms with van der Waals surface area (Å²) in [5, 5.41) is 12.8. The molecule has 1 aliphatic rings. The number of hydrogen-bond donors (Lipinski definition) is 1. The predicted molar refractivity (Wildman–Crippen MR) is 102 cm³/mol. The fourth-order valence-electron chi connectivity index (χ4n) is 3.52. The standard InChI is InChI=1S/C21H17BrO4/c1-25-20(23)21(24)12-18(14-6-9-15(22)10-7-14)17-11-8-13-4-2-3-5-16(13)19(17)26-21/h2-11,18,24H,12H2,1H3/t18-,21+/m1/s1. The highest BCUT2D eigenvalue weighted by molar-refractivity contribution is 9.10. The number of rotatable bonds is 2. The summed E-state index contributed by atoms with van der Waals surface area (Å²) in [6, 6.07) is 19.6. The van der Waals surface area contributed by atoms with Crippen molar-refractivity contribution < 1.29 is 19.4 Å². The zero-order chi connectivity index (χ0) is 18.3. The molecule has 0 amide bonds. The number of methoxy groups -OCH3 is 1. The summed E-state index contributed by atoms with van der Waals surface area (Å²) in [4.78, 5) is 12.3. The van der Waals surface area contributed by atoms with Crippen molar-refractivity contribution in [3.8, 4) is 5.75 Å². The molecule has 0 aliphatic carbocycles. The molecule has 2 atom stereocenters. The van der Waals surface area contributed by atoms with Gasteiger partial charge in [-0.3, -0.25) is 0 Å². The Morgan fingerprint density at radius 2 is 1.88 bits per heavy atom. The van der Waals surface area contributed by atoms with Crippen LogP contribution in [0.2, 0.25) is 0 Å². The van der Waals surface area contributed by atoms with Gasteiger partial charge in [0.2, 0.25) is 0 Å². The molecule has 26 heavy (non-hydrogen) atoms. The Hall–Kier alpha value is -2.37.